The SMILES string of the molecule is CC(=O)Cl.CC1CC(Nc2ccccc2)c2ccccc2N1.COc1cccc(N=O)c1.COc1cccc(NC(=O)N2c3ccccc3C(N(C(C)=O)c3ccccc3)CC2C)c1.COc1cccc(NC(=O)N2c3ccccc3C(Nc3ccccc3)CC2C)c1. The van der Waals surface area contributed by atoms with Gasteiger partial charge in [0.1, 0.15) is 22.9 Å². The third kappa shape index (κ3) is 19.0. The first-order valence-electron chi connectivity index (χ1n) is 30.7. The second-order valence-corrected chi connectivity index (χ2v) is 22.9. The molecule has 9 aromatic rings. The zero-order valence-electron chi connectivity index (χ0n) is 53.5. The van der Waals surface area contributed by atoms with E-state index in [1.54, 1.807) is 63.5 Å². The first kappa shape index (κ1) is 68.3. The summed E-state index contributed by atoms with van der Waals surface area (Å²) >= 11 is 4.64. The summed E-state index contributed by atoms with van der Waals surface area (Å²) in [6.07, 6.45) is 2.54. The molecule has 0 aromatic heterocycles. The lowest BCUT2D eigenvalue weighted by Gasteiger charge is -2.43. The van der Waals surface area contributed by atoms with Crippen molar-refractivity contribution in [3.05, 3.63) is 258 Å². The monoisotopic (exact) mass is 1270 g/mol. The van der Waals surface area contributed by atoms with Gasteiger partial charge in [0, 0.05) is 84.3 Å². The number of carbonyl (C=O) groups excluding carboxylic acids is 4. The summed E-state index contributed by atoms with van der Waals surface area (Å²) in [5.74, 6) is 2.01. The predicted octanol–water partition coefficient (Wildman–Crippen LogP) is 18.2. The van der Waals surface area contributed by atoms with E-state index in [9.17, 15) is 24.1 Å². The van der Waals surface area contributed by atoms with E-state index in [1.807, 2.05) is 156 Å². The van der Waals surface area contributed by atoms with Gasteiger partial charge in [-0.1, -0.05) is 127 Å². The van der Waals surface area contributed by atoms with Crippen molar-refractivity contribution in [2.45, 2.75) is 90.1 Å². The molecule has 0 saturated heterocycles. The van der Waals surface area contributed by atoms with Gasteiger partial charge in [-0.05, 0) is 164 Å². The molecule has 3 heterocycles. The number of hydrogen-bond acceptors (Lipinski definition) is 12. The summed E-state index contributed by atoms with van der Waals surface area (Å²) < 4.78 is 15.4. The number of nitroso groups, excluding NO2 is 1. The fourth-order valence-corrected chi connectivity index (χ4v) is 11.5. The molecule has 6 unspecified atom stereocenters. The summed E-state index contributed by atoms with van der Waals surface area (Å²) in [6.45, 7) is 9.21. The second-order valence-electron chi connectivity index (χ2n) is 22.3. The van der Waals surface area contributed by atoms with Crippen LogP contribution in [-0.4, -0.2) is 62.7 Å². The van der Waals surface area contributed by atoms with Crippen LogP contribution in [0.3, 0.4) is 0 Å². The van der Waals surface area contributed by atoms with Gasteiger partial charge in [-0.25, -0.2) is 9.59 Å². The third-order valence-electron chi connectivity index (χ3n) is 15.6. The highest BCUT2D eigenvalue weighted by Crippen LogP contribution is 2.43. The average molecular weight is 1270 g/mol. The van der Waals surface area contributed by atoms with Gasteiger partial charge in [-0.15, -0.1) is 4.91 Å². The van der Waals surface area contributed by atoms with Crippen LogP contribution in [0.1, 0.15) is 88.7 Å². The Labute approximate surface area is 550 Å². The molecule has 17 nitrogen and oxygen atoms in total. The molecule has 3 aliphatic rings. The number of ether oxygens (including phenoxy) is 3. The Balaban J connectivity index is 0.000000166. The molecular weight excluding hydrogens is 1190 g/mol. The van der Waals surface area contributed by atoms with E-state index in [0.717, 1.165) is 46.7 Å². The predicted molar refractivity (Wildman–Crippen MR) is 377 cm³/mol. The van der Waals surface area contributed by atoms with Gasteiger partial charge in [0.05, 0.1) is 50.8 Å². The summed E-state index contributed by atoms with van der Waals surface area (Å²) in [7, 11) is 4.76. The Hall–Kier alpha value is -10.7. The molecule has 0 aliphatic carbocycles. The number of nitrogens with zero attached hydrogens (tertiary/aromatic N) is 4. The minimum Gasteiger partial charge on any atom is -0.497 e. The van der Waals surface area contributed by atoms with E-state index in [-0.39, 0.29) is 47.4 Å². The third-order valence-corrected chi connectivity index (χ3v) is 15.6. The normalized spacial score (nSPS) is 17.0. The zero-order valence-corrected chi connectivity index (χ0v) is 54.3. The molecule has 12 rings (SSSR count). The van der Waals surface area contributed by atoms with Crippen LogP contribution in [0.4, 0.5) is 60.8 Å². The number of para-hydroxylation sites is 6. The maximum atomic E-state index is 13.3. The number of nitrogens with one attached hydrogen (secondary N) is 5. The van der Waals surface area contributed by atoms with Crippen molar-refractivity contribution in [3.63, 3.8) is 0 Å². The quantitative estimate of drug-likeness (QED) is 0.0577. The minimum atomic E-state index is -0.361. The number of amides is 5. The number of benzene rings is 9. The summed E-state index contributed by atoms with van der Waals surface area (Å²) in [5.41, 5.74) is 11.3. The van der Waals surface area contributed by atoms with Gasteiger partial charge in [0.2, 0.25) is 11.1 Å². The molecule has 3 aliphatic heterocycles. The smallest absolute Gasteiger partial charge is 0.326 e. The molecule has 0 spiro atoms. The Kier molecular flexibility index (Phi) is 24.9. The second kappa shape index (κ2) is 34.0. The zero-order chi connectivity index (χ0) is 66.2. The molecule has 0 radical (unpaired) electrons. The van der Waals surface area contributed by atoms with Crippen molar-refractivity contribution in [2.24, 2.45) is 5.18 Å². The molecule has 9 aromatic carbocycles. The van der Waals surface area contributed by atoms with E-state index >= 15 is 0 Å². The fraction of sp³-hybridized carbons (Fsp3) is 0.227. The van der Waals surface area contributed by atoms with Crippen molar-refractivity contribution >= 4 is 86.0 Å². The van der Waals surface area contributed by atoms with Crippen molar-refractivity contribution in [3.8, 4) is 17.2 Å². The Morgan fingerprint density at radius 2 is 0.892 bits per heavy atom. The van der Waals surface area contributed by atoms with Crippen molar-refractivity contribution in [1.82, 2.24) is 0 Å². The van der Waals surface area contributed by atoms with Crippen LogP contribution in [-0.2, 0) is 9.59 Å². The Morgan fingerprint density at radius 3 is 1.40 bits per heavy atom. The molecule has 18 heteroatoms. The van der Waals surface area contributed by atoms with E-state index in [0.29, 0.717) is 52.8 Å². The molecule has 480 valence electrons. The van der Waals surface area contributed by atoms with E-state index < -0.39 is 0 Å². The molecule has 5 N–H and O–H groups in total. The van der Waals surface area contributed by atoms with E-state index in [2.05, 4.69) is 124 Å². The summed E-state index contributed by atoms with van der Waals surface area (Å²) in [4.78, 5) is 63.8. The number of rotatable bonds is 12. The van der Waals surface area contributed by atoms with Gasteiger partial charge < -0.3 is 45.7 Å². The highest BCUT2D eigenvalue weighted by atomic mass is 35.5. The summed E-state index contributed by atoms with van der Waals surface area (Å²) in [5, 5.41) is 19.2. The van der Waals surface area contributed by atoms with Crippen LogP contribution in [0, 0.1) is 4.91 Å². The van der Waals surface area contributed by atoms with E-state index in [1.165, 1.54) is 23.9 Å². The topological polar surface area (TPSA) is 195 Å². The van der Waals surface area contributed by atoms with Crippen molar-refractivity contribution < 1.29 is 33.4 Å². The van der Waals surface area contributed by atoms with Crippen LogP contribution in [0.15, 0.2) is 242 Å². The first-order chi connectivity index (χ1) is 45.1. The highest BCUT2D eigenvalue weighted by molar-refractivity contribution is 6.62. The number of halogens is 1. The first-order valence-corrected chi connectivity index (χ1v) is 31.1. The summed E-state index contributed by atoms with van der Waals surface area (Å²) in [6, 6.07) is 76.5. The van der Waals surface area contributed by atoms with Crippen LogP contribution in [0.5, 0.6) is 17.2 Å². The van der Waals surface area contributed by atoms with Gasteiger partial charge >= 0.3 is 12.1 Å². The van der Waals surface area contributed by atoms with Crippen LogP contribution >= 0.6 is 11.6 Å². The fourth-order valence-electron chi connectivity index (χ4n) is 11.5. The largest absolute Gasteiger partial charge is 0.497 e. The number of hydrogen-bond donors (Lipinski definition) is 5. The van der Waals surface area contributed by atoms with Gasteiger partial charge in [-0.2, -0.15) is 0 Å². The van der Waals surface area contributed by atoms with Gasteiger partial charge in [-0.3, -0.25) is 19.4 Å². The lowest BCUT2D eigenvalue weighted by molar-refractivity contribution is -0.117. The molecule has 6 atom stereocenters. The van der Waals surface area contributed by atoms with Crippen LogP contribution in [0.2, 0.25) is 0 Å². The number of methoxy groups -OCH3 is 3. The molecule has 93 heavy (non-hydrogen) atoms. The van der Waals surface area contributed by atoms with Crippen molar-refractivity contribution in [1.29, 1.82) is 0 Å². The Bertz CT molecular complexity index is 3900. The van der Waals surface area contributed by atoms with Gasteiger partial charge in [0.15, 0.2) is 0 Å². The maximum Gasteiger partial charge on any atom is 0.326 e. The standard InChI is InChI=1S/C26H27N3O3.C24H25N3O2.C16H18N2.C7H7NO2.C2H3ClO/c1-18-16-25(29(19(2)30)21-11-5-4-6-12-21)23-14-7-8-15-24(23)28(18)26(31)27-20-10-9-13-22(17-20)32-3;1-17-15-22(25-18-9-4-3-5-10-18)21-13-6-7-14-23(21)27(17)24(28)26-19-11-8-12-20(16-19)29-2;1-12-11-16(18-13-7-3-2-4-8-13)14-9-5-6-10-15(14)17-12;1-10-7-4-2-3-6(5-7)8-9;1-2(3)4/h4-15,17-18,25H,16H2,1-3H3,(H,27,31);3-14,16-17,22,25H,15H2,1-2H3,(H,26,28);2-10,12,16-18H,11H2,1H3;2-5H,1H3;1H3. The number of carbonyl (C=O) groups is 4. The van der Waals surface area contributed by atoms with E-state index in [4.69, 9.17) is 14.2 Å². The average Bonchev–Trinajstić information content (AvgIpc) is 0.785. The highest BCUT2D eigenvalue weighted by Gasteiger charge is 2.38. The van der Waals surface area contributed by atoms with Crippen LogP contribution in [0.25, 0.3) is 0 Å². The minimum absolute atomic E-state index is 0.0301. The number of anilines is 8. The number of fused-ring (bicyclic) bond motifs is 3. The number of urea groups is 2. The molecular formula is C75H80ClN9O8. The molecule has 5 amide bonds. The maximum absolute atomic E-state index is 13.3. The molecule has 0 bridgehead atoms. The molecule has 0 saturated carbocycles. The molecule has 0 fully saturated rings. The van der Waals surface area contributed by atoms with Crippen LogP contribution < -0.4 is 55.5 Å². The Morgan fingerprint density at radius 1 is 0.484 bits per heavy atom. The van der Waals surface area contributed by atoms with Crippen molar-refractivity contribution in [2.75, 3.05) is 62.6 Å². The van der Waals surface area contributed by atoms with Gasteiger partial charge in [0.25, 0.3) is 0 Å². The lowest BCUT2D eigenvalue weighted by atomic mass is 9.90. The lowest BCUT2D eigenvalue weighted by Crippen LogP contribution is -2.49.